The van der Waals surface area contributed by atoms with Crippen LogP contribution in [0.3, 0.4) is 0 Å². The molecular weight excluding hydrogens is 223 g/mol. The molecule has 0 aromatic heterocycles. The van der Waals surface area contributed by atoms with E-state index >= 15 is 0 Å². The molecular formula is C17H27F. The van der Waals surface area contributed by atoms with Crippen LogP contribution < -0.4 is 0 Å². The molecule has 1 aromatic carbocycles. The lowest BCUT2D eigenvalue weighted by Crippen LogP contribution is -2.00. The van der Waals surface area contributed by atoms with Crippen molar-refractivity contribution in [3.05, 3.63) is 35.6 Å². The van der Waals surface area contributed by atoms with Crippen molar-refractivity contribution < 1.29 is 4.39 Å². The van der Waals surface area contributed by atoms with Gasteiger partial charge in [0, 0.05) is 0 Å². The first kappa shape index (κ1) is 15.2. The van der Waals surface area contributed by atoms with Gasteiger partial charge in [0.2, 0.25) is 0 Å². The summed E-state index contributed by atoms with van der Waals surface area (Å²) in [5, 5.41) is 0. The maximum atomic E-state index is 13.3. The maximum absolute atomic E-state index is 13.3. The monoisotopic (exact) mass is 250 g/mol. The normalized spacial score (nSPS) is 11.1. The predicted octanol–water partition coefficient (Wildman–Crippen LogP) is 6.07. The van der Waals surface area contributed by atoms with Gasteiger partial charge >= 0.3 is 0 Å². The minimum Gasteiger partial charge on any atom is -0.207 e. The van der Waals surface area contributed by atoms with Gasteiger partial charge in [-0.05, 0) is 36.5 Å². The Morgan fingerprint density at radius 2 is 1.56 bits per heavy atom. The first-order valence-electron chi connectivity index (χ1n) is 7.53. The molecule has 0 amide bonds. The largest absolute Gasteiger partial charge is 0.207 e. The quantitative estimate of drug-likeness (QED) is 0.467. The van der Waals surface area contributed by atoms with Crippen molar-refractivity contribution in [3.8, 4) is 0 Å². The predicted molar refractivity (Wildman–Crippen MR) is 77.4 cm³/mol. The lowest BCUT2D eigenvalue weighted by Gasteiger charge is -2.17. The van der Waals surface area contributed by atoms with Gasteiger partial charge in [-0.1, -0.05) is 64.5 Å². The van der Waals surface area contributed by atoms with Crippen molar-refractivity contribution in [3.63, 3.8) is 0 Å². The van der Waals surface area contributed by atoms with Gasteiger partial charge in [-0.25, -0.2) is 4.39 Å². The summed E-state index contributed by atoms with van der Waals surface area (Å²) in [4.78, 5) is 0. The van der Waals surface area contributed by atoms with Crippen molar-refractivity contribution in [1.82, 2.24) is 0 Å². The number of unbranched alkanes of at least 4 members (excludes halogenated alkanes) is 4. The summed E-state index contributed by atoms with van der Waals surface area (Å²) in [6, 6.07) is 7.20. The summed E-state index contributed by atoms with van der Waals surface area (Å²) in [7, 11) is 0. The van der Waals surface area contributed by atoms with Crippen LogP contribution in [0.4, 0.5) is 4.39 Å². The van der Waals surface area contributed by atoms with Crippen LogP contribution >= 0.6 is 0 Å². The maximum Gasteiger partial charge on any atom is 0.123 e. The van der Waals surface area contributed by atoms with E-state index in [4.69, 9.17) is 0 Å². The summed E-state index contributed by atoms with van der Waals surface area (Å²) in [5.74, 6) is 0.460. The molecule has 0 N–H and O–H groups in total. The van der Waals surface area contributed by atoms with E-state index in [1.165, 1.54) is 56.9 Å². The van der Waals surface area contributed by atoms with Gasteiger partial charge < -0.3 is 0 Å². The van der Waals surface area contributed by atoms with Crippen molar-refractivity contribution in [1.29, 1.82) is 0 Å². The van der Waals surface area contributed by atoms with Gasteiger partial charge in [-0.2, -0.15) is 0 Å². The molecule has 0 saturated heterocycles. The first-order chi connectivity index (χ1) is 8.77. The van der Waals surface area contributed by atoms with Gasteiger partial charge in [-0.3, -0.25) is 0 Å². The molecule has 0 aliphatic heterocycles. The first-order valence-corrected chi connectivity index (χ1v) is 7.53. The lowest BCUT2D eigenvalue weighted by molar-refractivity contribution is 0.503. The van der Waals surface area contributed by atoms with Gasteiger partial charge in [0.15, 0.2) is 0 Å². The molecule has 0 radical (unpaired) electrons. The fourth-order valence-corrected chi connectivity index (χ4v) is 2.52. The van der Waals surface area contributed by atoms with E-state index in [1.54, 1.807) is 12.1 Å². The van der Waals surface area contributed by atoms with Gasteiger partial charge in [0.1, 0.15) is 5.82 Å². The van der Waals surface area contributed by atoms with E-state index in [-0.39, 0.29) is 5.82 Å². The smallest absolute Gasteiger partial charge is 0.123 e. The van der Waals surface area contributed by atoms with E-state index in [2.05, 4.69) is 19.9 Å². The Bertz CT molecular complexity index is 309. The minimum absolute atomic E-state index is 0.0940. The number of benzene rings is 1. The van der Waals surface area contributed by atoms with Crippen molar-refractivity contribution in [2.24, 2.45) is 0 Å². The molecule has 0 nitrogen and oxygen atoms in total. The van der Waals surface area contributed by atoms with Crippen LogP contribution in [0.2, 0.25) is 0 Å². The molecule has 0 atom stereocenters. The molecule has 0 aliphatic rings. The zero-order valence-corrected chi connectivity index (χ0v) is 11.9. The molecule has 0 aliphatic carbocycles. The number of rotatable bonds is 9. The molecule has 0 fully saturated rings. The van der Waals surface area contributed by atoms with Crippen LogP contribution in [-0.4, -0.2) is 0 Å². The van der Waals surface area contributed by atoms with E-state index < -0.39 is 0 Å². The van der Waals surface area contributed by atoms with Crippen LogP contribution in [-0.2, 0) is 0 Å². The van der Waals surface area contributed by atoms with Crippen molar-refractivity contribution >= 4 is 0 Å². The Hall–Kier alpha value is -0.850. The van der Waals surface area contributed by atoms with Crippen LogP contribution in [0.15, 0.2) is 24.3 Å². The summed E-state index contributed by atoms with van der Waals surface area (Å²) < 4.78 is 13.3. The molecule has 1 aromatic rings. The van der Waals surface area contributed by atoms with Crippen LogP contribution in [0.1, 0.15) is 76.7 Å². The zero-order chi connectivity index (χ0) is 13.2. The highest BCUT2D eigenvalue weighted by atomic mass is 19.1. The second-order valence-corrected chi connectivity index (χ2v) is 5.24. The van der Waals surface area contributed by atoms with E-state index in [0.29, 0.717) is 5.92 Å². The van der Waals surface area contributed by atoms with E-state index in [0.717, 1.165) is 0 Å². The fraction of sp³-hybridized carbons (Fsp3) is 0.647. The van der Waals surface area contributed by atoms with Crippen molar-refractivity contribution in [2.45, 2.75) is 71.1 Å². The molecule has 0 spiro atoms. The highest BCUT2D eigenvalue weighted by Gasteiger charge is 2.11. The summed E-state index contributed by atoms with van der Waals surface area (Å²) in [6.07, 6.45) is 10.0. The number of hydrogen-bond donors (Lipinski definition) is 0. The van der Waals surface area contributed by atoms with Crippen molar-refractivity contribution in [2.75, 3.05) is 0 Å². The highest BCUT2D eigenvalue weighted by Crippen LogP contribution is 2.28. The fourth-order valence-electron chi connectivity index (χ4n) is 2.52. The SMILES string of the molecule is CCCCCC(CCCCC)c1cccc(F)c1. The topological polar surface area (TPSA) is 0 Å². The lowest BCUT2D eigenvalue weighted by atomic mass is 9.88. The zero-order valence-electron chi connectivity index (χ0n) is 11.9. The summed E-state index contributed by atoms with van der Waals surface area (Å²) >= 11 is 0. The molecule has 0 unspecified atom stereocenters. The Balaban J connectivity index is 2.57. The second-order valence-electron chi connectivity index (χ2n) is 5.24. The van der Waals surface area contributed by atoms with E-state index in [1.807, 2.05) is 6.07 Å². The average molecular weight is 250 g/mol. The summed E-state index contributed by atoms with van der Waals surface area (Å²) in [5.41, 5.74) is 1.20. The molecule has 102 valence electrons. The third kappa shape index (κ3) is 5.66. The van der Waals surface area contributed by atoms with E-state index in [9.17, 15) is 4.39 Å². The second kappa shape index (κ2) is 9.13. The summed E-state index contributed by atoms with van der Waals surface area (Å²) in [6.45, 7) is 4.46. The van der Waals surface area contributed by atoms with Crippen LogP contribution in [0.5, 0.6) is 0 Å². The molecule has 18 heavy (non-hydrogen) atoms. The highest BCUT2D eigenvalue weighted by molar-refractivity contribution is 5.20. The average Bonchev–Trinajstić information content (AvgIpc) is 2.37. The number of hydrogen-bond acceptors (Lipinski definition) is 0. The molecule has 1 heteroatoms. The third-order valence-electron chi connectivity index (χ3n) is 3.63. The van der Waals surface area contributed by atoms with Crippen LogP contribution in [0, 0.1) is 5.82 Å². The Morgan fingerprint density at radius 1 is 0.944 bits per heavy atom. The van der Waals surface area contributed by atoms with Gasteiger partial charge in [0.05, 0.1) is 0 Å². The molecule has 1 rings (SSSR count). The third-order valence-corrected chi connectivity index (χ3v) is 3.63. The Labute approximate surface area is 112 Å². The van der Waals surface area contributed by atoms with Gasteiger partial charge in [0.25, 0.3) is 0 Å². The molecule has 0 saturated carbocycles. The standard InChI is InChI=1S/C17H27F/c1-3-5-7-10-15(11-8-6-4-2)16-12-9-13-17(18)14-16/h9,12-15H,3-8,10-11H2,1-2H3. The van der Waals surface area contributed by atoms with Gasteiger partial charge in [-0.15, -0.1) is 0 Å². The Morgan fingerprint density at radius 3 is 2.06 bits per heavy atom. The Kier molecular flexibility index (Phi) is 7.71. The van der Waals surface area contributed by atoms with Crippen LogP contribution in [0.25, 0.3) is 0 Å². The number of halogens is 1. The minimum atomic E-state index is -0.0940. The molecule has 0 heterocycles. The molecule has 0 bridgehead atoms.